The molecule has 0 aliphatic heterocycles. The Morgan fingerprint density at radius 2 is 2.25 bits per heavy atom. The molecule has 0 unspecified atom stereocenters. The van der Waals surface area contributed by atoms with Gasteiger partial charge in [0.2, 0.25) is 0 Å². The number of nitrogens with one attached hydrogen (secondary N) is 1. The topological polar surface area (TPSA) is 54.2 Å². The minimum atomic E-state index is 0.699. The average Bonchev–Trinajstić information content (AvgIpc) is 3.25. The Kier molecular flexibility index (Phi) is 3.81. The monoisotopic (exact) mass is 334 g/mol. The van der Waals surface area contributed by atoms with E-state index in [0.29, 0.717) is 5.69 Å². The SMILES string of the molecule is CN(CCNc1c(N)cnc2ccc(Br)cc12)C1CC1. The first-order valence-corrected chi connectivity index (χ1v) is 7.72. The van der Waals surface area contributed by atoms with Crippen LogP contribution in [0, 0.1) is 0 Å². The van der Waals surface area contributed by atoms with Crippen molar-refractivity contribution in [2.45, 2.75) is 18.9 Å². The highest BCUT2D eigenvalue weighted by molar-refractivity contribution is 9.10. The first-order chi connectivity index (χ1) is 9.65. The average molecular weight is 335 g/mol. The summed E-state index contributed by atoms with van der Waals surface area (Å²) in [6, 6.07) is 6.85. The van der Waals surface area contributed by atoms with Crippen LogP contribution in [0.1, 0.15) is 12.8 Å². The summed E-state index contributed by atoms with van der Waals surface area (Å²) >= 11 is 3.51. The van der Waals surface area contributed by atoms with E-state index in [1.54, 1.807) is 6.20 Å². The lowest BCUT2D eigenvalue weighted by Gasteiger charge is -2.18. The number of hydrogen-bond donors (Lipinski definition) is 2. The van der Waals surface area contributed by atoms with Gasteiger partial charge in [-0.1, -0.05) is 15.9 Å². The Balaban J connectivity index is 1.78. The molecule has 3 rings (SSSR count). The Labute approximate surface area is 127 Å². The molecule has 0 saturated heterocycles. The molecule has 1 aliphatic rings. The lowest BCUT2D eigenvalue weighted by Crippen LogP contribution is -2.27. The van der Waals surface area contributed by atoms with Crippen LogP contribution in [0.15, 0.2) is 28.9 Å². The molecule has 1 heterocycles. The lowest BCUT2D eigenvalue weighted by molar-refractivity contribution is 0.337. The summed E-state index contributed by atoms with van der Waals surface area (Å²) < 4.78 is 1.04. The summed E-state index contributed by atoms with van der Waals surface area (Å²) in [5.74, 6) is 0. The van der Waals surface area contributed by atoms with Gasteiger partial charge in [-0.25, -0.2) is 0 Å². The summed E-state index contributed by atoms with van der Waals surface area (Å²) in [6.07, 6.45) is 4.40. The van der Waals surface area contributed by atoms with Gasteiger partial charge >= 0.3 is 0 Å². The van der Waals surface area contributed by atoms with E-state index in [1.807, 2.05) is 12.1 Å². The molecular weight excluding hydrogens is 316 g/mol. The quantitative estimate of drug-likeness (QED) is 0.882. The molecule has 0 amide bonds. The highest BCUT2D eigenvalue weighted by atomic mass is 79.9. The number of rotatable bonds is 5. The molecule has 5 heteroatoms. The van der Waals surface area contributed by atoms with Gasteiger partial charge in [-0.05, 0) is 38.1 Å². The summed E-state index contributed by atoms with van der Waals surface area (Å²) in [7, 11) is 2.18. The fraction of sp³-hybridized carbons (Fsp3) is 0.400. The van der Waals surface area contributed by atoms with Crippen molar-refractivity contribution < 1.29 is 0 Å². The highest BCUT2D eigenvalue weighted by Gasteiger charge is 2.25. The number of hydrogen-bond acceptors (Lipinski definition) is 4. The van der Waals surface area contributed by atoms with E-state index in [9.17, 15) is 0 Å². The molecule has 0 spiro atoms. The van der Waals surface area contributed by atoms with Crippen LogP contribution in [0.2, 0.25) is 0 Å². The summed E-state index contributed by atoms with van der Waals surface area (Å²) in [4.78, 5) is 6.77. The summed E-state index contributed by atoms with van der Waals surface area (Å²) in [5.41, 5.74) is 8.72. The van der Waals surface area contributed by atoms with Gasteiger partial charge in [0.25, 0.3) is 0 Å². The van der Waals surface area contributed by atoms with Gasteiger partial charge in [0.05, 0.1) is 23.1 Å². The molecule has 0 bridgehead atoms. The van der Waals surface area contributed by atoms with Crippen molar-refractivity contribution in [2.24, 2.45) is 0 Å². The summed E-state index contributed by atoms with van der Waals surface area (Å²) in [6.45, 7) is 1.92. The zero-order valence-corrected chi connectivity index (χ0v) is 13.2. The molecule has 4 nitrogen and oxygen atoms in total. The van der Waals surface area contributed by atoms with Crippen LogP contribution in [0.3, 0.4) is 0 Å². The molecular formula is C15H19BrN4. The van der Waals surface area contributed by atoms with Crippen molar-refractivity contribution in [3.63, 3.8) is 0 Å². The Bertz CT molecular complexity index is 619. The van der Waals surface area contributed by atoms with Crippen LogP contribution in [0.4, 0.5) is 11.4 Å². The zero-order chi connectivity index (χ0) is 14.1. The molecule has 0 atom stereocenters. The van der Waals surface area contributed by atoms with E-state index >= 15 is 0 Å². The molecule has 1 fully saturated rings. The van der Waals surface area contributed by atoms with Crippen molar-refractivity contribution in [3.8, 4) is 0 Å². The number of benzene rings is 1. The highest BCUT2D eigenvalue weighted by Crippen LogP contribution is 2.30. The maximum atomic E-state index is 6.07. The first-order valence-electron chi connectivity index (χ1n) is 6.93. The van der Waals surface area contributed by atoms with Crippen molar-refractivity contribution in [1.82, 2.24) is 9.88 Å². The normalized spacial score (nSPS) is 14.9. The van der Waals surface area contributed by atoms with Gasteiger partial charge in [0, 0.05) is 29.0 Å². The lowest BCUT2D eigenvalue weighted by atomic mass is 10.1. The second-order valence-corrected chi connectivity index (χ2v) is 6.30. The third-order valence-corrected chi connectivity index (χ3v) is 4.29. The second-order valence-electron chi connectivity index (χ2n) is 5.39. The van der Waals surface area contributed by atoms with Crippen molar-refractivity contribution in [1.29, 1.82) is 0 Å². The molecule has 106 valence electrons. The number of anilines is 2. The largest absolute Gasteiger partial charge is 0.396 e. The third-order valence-electron chi connectivity index (χ3n) is 3.80. The molecule has 3 N–H and O–H groups in total. The van der Waals surface area contributed by atoms with Crippen LogP contribution in [0.25, 0.3) is 10.9 Å². The van der Waals surface area contributed by atoms with E-state index in [4.69, 9.17) is 5.73 Å². The first kappa shape index (κ1) is 13.6. The predicted octanol–water partition coefficient (Wildman–Crippen LogP) is 3.09. The van der Waals surface area contributed by atoms with Crippen molar-refractivity contribution in [3.05, 3.63) is 28.9 Å². The van der Waals surface area contributed by atoms with Crippen molar-refractivity contribution >= 4 is 38.2 Å². The van der Waals surface area contributed by atoms with Crippen LogP contribution in [-0.4, -0.2) is 36.1 Å². The Hall–Kier alpha value is -1.33. The molecule has 20 heavy (non-hydrogen) atoms. The maximum Gasteiger partial charge on any atom is 0.0743 e. The van der Waals surface area contributed by atoms with E-state index in [-0.39, 0.29) is 0 Å². The van der Waals surface area contributed by atoms with Gasteiger partial charge in [0.15, 0.2) is 0 Å². The van der Waals surface area contributed by atoms with E-state index in [1.165, 1.54) is 12.8 Å². The van der Waals surface area contributed by atoms with Crippen LogP contribution in [0.5, 0.6) is 0 Å². The van der Waals surface area contributed by atoms with Gasteiger partial charge in [0.1, 0.15) is 0 Å². The van der Waals surface area contributed by atoms with Crippen LogP contribution in [-0.2, 0) is 0 Å². The third kappa shape index (κ3) is 2.88. The van der Waals surface area contributed by atoms with Gasteiger partial charge in [-0.2, -0.15) is 0 Å². The smallest absolute Gasteiger partial charge is 0.0743 e. The van der Waals surface area contributed by atoms with Gasteiger partial charge in [-0.15, -0.1) is 0 Å². The maximum absolute atomic E-state index is 6.07. The number of nitrogen functional groups attached to an aromatic ring is 1. The van der Waals surface area contributed by atoms with E-state index in [2.05, 4.69) is 44.2 Å². The van der Waals surface area contributed by atoms with Gasteiger partial charge in [-0.3, -0.25) is 4.98 Å². The number of halogens is 1. The molecule has 1 aromatic heterocycles. The number of aromatic nitrogens is 1. The molecule has 1 aliphatic carbocycles. The molecule has 2 aromatic rings. The fourth-order valence-electron chi connectivity index (χ4n) is 2.43. The number of fused-ring (bicyclic) bond motifs is 1. The number of nitrogens with two attached hydrogens (primary N) is 1. The Morgan fingerprint density at radius 1 is 1.45 bits per heavy atom. The molecule has 1 saturated carbocycles. The minimum Gasteiger partial charge on any atom is -0.396 e. The fourth-order valence-corrected chi connectivity index (χ4v) is 2.79. The number of nitrogens with zero attached hydrogens (tertiary/aromatic N) is 2. The molecule has 1 aromatic carbocycles. The second kappa shape index (κ2) is 5.58. The predicted molar refractivity (Wildman–Crippen MR) is 88.0 cm³/mol. The van der Waals surface area contributed by atoms with Crippen LogP contribution >= 0.6 is 15.9 Å². The zero-order valence-electron chi connectivity index (χ0n) is 11.6. The standard InChI is InChI=1S/C15H19BrN4/c1-20(11-3-4-11)7-6-18-15-12-8-10(16)2-5-14(12)19-9-13(15)17/h2,5,8-9,11H,3-4,6-7,17H2,1H3,(H,18,19). The minimum absolute atomic E-state index is 0.699. The molecule has 0 radical (unpaired) electrons. The van der Waals surface area contributed by atoms with Crippen LogP contribution < -0.4 is 11.1 Å². The van der Waals surface area contributed by atoms with Crippen molar-refractivity contribution in [2.75, 3.05) is 31.2 Å². The Morgan fingerprint density at radius 3 is 3.00 bits per heavy atom. The summed E-state index contributed by atoms with van der Waals surface area (Å²) in [5, 5.41) is 4.53. The van der Waals surface area contributed by atoms with E-state index < -0.39 is 0 Å². The van der Waals surface area contributed by atoms with Gasteiger partial charge < -0.3 is 16.0 Å². The number of likely N-dealkylation sites (N-methyl/N-ethyl adjacent to an activating group) is 1. The van der Waals surface area contributed by atoms with E-state index in [0.717, 1.165) is 40.2 Å². The number of pyridine rings is 1.